The second-order valence-electron chi connectivity index (χ2n) is 5.13. The monoisotopic (exact) mass is 313 g/mol. The van der Waals surface area contributed by atoms with E-state index in [1.807, 2.05) is 0 Å². The lowest BCUT2D eigenvalue weighted by Gasteiger charge is -2.15. The molecule has 2 N–H and O–H groups in total. The summed E-state index contributed by atoms with van der Waals surface area (Å²) < 4.78 is 31.5. The molecule has 0 spiro atoms. The van der Waals surface area contributed by atoms with Crippen LogP contribution in [0.4, 0.5) is 0 Å². The molecule has 116 valence electrons. The maximum Gasteiger partial charge on any atom is 0.337 e. The molecular weight excluding hydrogens is 294 g/mol. The molecule has 7 heteroatoms. The summed E-state index contributed by atoms with van der Waals surface area (Å²) in [4.78, 5) is 11.4. The highest BCUT2D eigenvalue weighted by atomic mass is 32.2. The molecule has 6 nitrogen and oxygen atoms in total. The van der Waals surface area contributed by atoms with Crippen LogP contribution in [0.25, 0.3) is 0 Å². The molecule has 1 fully saturated rings. The predicted molar refractivity (Wildman–Crippen MR) is 76.3 cm³/mol. The van der Waals surface area contributed by atoms with E-state index in [1.165, 1.54) is 31.4 Å². The van der Waals surface area contributed by atoms with Crippen LogP contribution in [-0.2, 0) is 14.8 Å². The number of methoxy groups -OCH3 is 1. The van der Waals surface area contributed by atoms with Crippen molar-refractivity contribution in [3.05, 3.63) is 29.8 Å². The maximum atomic E-state index is 12.2. The number of esters is 1. The van der Waals surface area contributed by atoms with Gasteiger partial charge in [-0.15, -0.1) is 0 Å². The highest BCUT2D eigenvalue weighted by Gasteiger charge is 2.27. The lowest BCUT2D eigenvalue weighted by atomic mass is 10.1. The molecule has 0 radical (unpaired) electrons. The molecule has 1 aromatic carbocycles. The van der Waals surface area contributed by atoms with E-state index in [0.717, 1.165) is 12.8 Å². The van der Waals surface area contributed by atoms with Crippen LogP contribution in [0.2, 0.25) is 0 Å². The average Bonchev–Trinajstić information content (AvgIpc) is 2.90. The van der Waals surface area contributed by atoms with Crippen LogP contribution in [0.15, 0.2) is 29.2 Å². The molecule has 0 aliphatic heterocycles. The van der Waals surface area contributed by atoms with Crippen LogP contribution < -0.4 is 4.72 Å². The van der Waals surface area contributed by atoms with Gasteiger partial charge in [-0.05, 0) is 37.0 Å². The largest absolute Gasteiger partial charge is 0.465 e. The second kappa shape index (κ2) is 6.55. The summed E-state index contributed by atoms with van der Waals surface area (Å²) in [6.07, 6.45) is 1.98. The third-order valence-electron chi connectivity index (χ3n) is 3.72. The first kappa shape index (κ1) is 15.9. The molecule has 2 rings (SSSR count). The summed E-state index contributed by atoms with van der Waals surface area (Å²) >= 11 is 0. The van der Waals surface area contributed by atoms with E-state index in [2.05, 4.69) is 9.46 Å². The van der Waals surface area contributed by atoms with E-state index >= 15 is 0 Å². The first-order valence-corrected chi connectivity index (χ1v) is 8.28. The summed E-state index contributed by atoms with van der Waals surface area (Å²) in [6, 6.07) is 5.68. The Morgan fingerprint density at radius 1 is 1.43 bits per heavy atom. The van der Waals surface area contributed by atoms with Crippen molar-refractivity contribution < 1.29 is 23.1 Å². The van der Waals surface area contributed by atoms with E-state index in [9.17, 15) is 18.3 Å². The SMILES string of the molecule is COC(=O)c1cccc(S(=O)(=O)NCC2CCCC2O)c1. The molecule has 2 unspecified atom stereocenters. The van der Waals surface area contributed by atoms with Crippen molar-refractivity contribution in [3.8, 4) is 0 Å². The van der Waals surface area contributed by atoms with Crippen LogP contribution in [-0.4, -0.2) is 39.3 Å². The van der Waals surface area contributed by atoms with Crippen molar-refractivity contribution in [1.29, 1.82) is 0 Å². The molecule has 0 amide bonds. The predicted octanol–water partition coefficient (Wildman–Crippen LogP) is 0.912. The number of sulfonamides is 1. The first-order chi connectivity index (χ1) is 9.94. The van der Waals surface area contributed by atoms with E-state index in [-0.39, 0.29) is 22.9 Å². The van der Waals surface area contributed by atoms with Gasteiger partial charge < -0.3 is 9.84 Å². The second-order valence-corrected chi connectivity index (χ2v) is 6.90. The highest BCUT2D eigenvalue weighted by molar-refractivity contribution is 7.89. The number of hydrogen-bond acceptors (Lipinski definition) is 5. The zero-order valence-corrected chi connectivity index (χ0v) is 12.6. The van der Waals surface area contributed by atoms with Crippen LogP contribution in [0.5, 0.6) is 0 Å². The molecular formula is C14H19NO5S. The molecule has 0 heterocycles. The Bertz CT molecular complexity index is 614. The molecule has 21 heavy (non-hydrogen) atoms. The third-order valence-corrected chi connectivity index (χ3v) is 5.14. The van der Waals surface area contributed by atoms with Gasteiger partial charge in [-0.1, -0.05) is 12.5 Å². The molecule has 0 aromatic heterocycles. The number of carbonyl (C=O) groups is 1. The Hall–Kier alpha value is -1.44. The number of nitrogens with one attached hydrogen (secondary N) is 1. The van der Waals surface area contributed by atoms with Gasteiger partial charge in [0.2, 0.25) is 10.0 Å². The average molecular weight is 313 g/mol. The fraction of sp³-hybridized carbons (Fsp3) is 0.500. The van der Waals surface area contributed by atoms with Gasteiger partial charge >= 0.3 is 5.97 Å². The third kappa shape index (κ3) is 3.81. The molecule has 0 bridgehead atoms. The van der Waals surface area contributed by atoms with Crippen molar-refractivity contribution >= 4 is 16.0 Å². The molecule has 1 aliphatic rings. The minimum Gasteiger partial charge on any atom is -0.465 e. The van der Waals surface area contributed by atoms with Gasteiger partial charge in [0.1, 0.15) is 0 Å². The van der Waals surface area contributed by atoms with Gasteiger partial charge in [-0.2, -0.15) is 0 Å². The molecule has 1 aliphatic carbocycles. The van der Waals surface area contributed by atoms with Gasteiger partial charge in [0.15, 0.2) is 0 Å². The van der Waals surface area contributed by atoms with Crippen molar-refractivity contribution in [2.45, 2.75) is 30.3 Å². The van der Waals surface area contributed by atoms with Gasteiger partial charge in [-0.3, -0.25) is 0 Å². The van der Waals surface area contributed by atoms with E-state index in [1.54, 1.807) is 0 Å². The number of ether oxygens (including phenoxy) is 1. The van der Waals surface area contributed by atoms with Gasteiger partial charge in [0.25, 0.3) is 0 Å². The maximum absolute atomic E-state index is 12.2. The van der Waals surface area contributed by atoms with Crippen LogP contribution >= 0.6 is 0 Å². The number of carbonyl (C=O) groups excluding carboxylic acids is 1. The number of rotatable bonds is 5. The van der Waals surface area contributed by atoms with E-state index in [4.69, 9.17) is 0 Å². The fourth-order valence-electron chi connectivity index (χ4n) is 2.46. The number of hydrogen-bond donors (Lipinski definition) is 2. The summed E-state index contributed by atoms with van der Waals surface area (Å²) in [7, 11) is -2.46. The Morgan fingerprint density at radius 2 is 2.19 bits per heavy atom. The molecule has 2 atom stereocenters. The normalized spacial score (nSPS) is 22.2. The topological polar surface area (TPSA) is 92.7 Å². The molecule has 1 aromatic rings. The van der Waals surface area contributed by atoms with Crippen molar-refractivity contribution in [1.82, 2.24) is 4.72 Å². The summed E-state index contributed by atoms with van der Waals surface area (Å²) in [6.45, 7) is 0.200. The van der Waals surface area contributed by atoms with Crippen molar-refractivity contribution in [2.75, 3.05) is 13.7 Å². The van der Waals surface area contributed by atoms with E-state index < -0.39 is 22.1 Å². The summed E-state index contributed by atoms with van der Waals surface area (Å²) in [5.41, 5.74) is 0.182. The summed E-state index contributed by atoms with van der Waals surface area (Å²) in [5.74, 6) is -0.637. The zero-order valence-electron chi connectivity index (χ0n) is 11.8. The van der Waals surface area contributed by atoms with Crippen LogP contribution in [0, 0.1) is 5.92 Å². The Kier molecular flexibility index (Phi) is 4.97. The standard InChI is InChI=1S/C14H19NO5S/c1-20-14(17)10-4-2-6-12(8-10)21(18,19)15-9-11-5-3-7-13(11)16/h2,4,6,8,11,13,15-16H,3,5,7,9H2,1H3. The minimum atomic E-state index is -3.70. The number of benzene rings is 1. The van der Waals surface area contributed by atoms with Crippen molar-refractivity contribution in [2.24, 2.45) is 5.92 Å². The summed E-state index contributed by atoms with van der Waals surface area (Å²) in [5, 5.41) is 9.71. The number of aliphatic hydroxyl groups is 1. The van der Waals surface area contributed by atoms with Crippen LogP contribution in [0.1, 0.15) is 29.6 Å². The van der Waals surface area contributed by atoms with Crippen LogP contribution in [0.3, 0.4) is 0 Å². The quantitative estimate of drug-likeness (QED) is 0.788. The van der Waals surface area contributed by atoms with Gasteiger partial charge in [-0.25, -0.2) is 17.9 Å². The lowest BCUT2D eigenvalue weighted by molar-refractivity contribution is 0.0600. The first-order valence-electron chi connectivity index (χ1n) is 6.80. The zero-order chi connectivity index (χ0) is 15.5. The van der Waals surface area contributed by atoms with Gasteiger partial charge in [0.05, 0.1) is 23.7 Å². The van der Waals surface area contributed by atoms with E-state index in [0.29, 0.717) is 6.42 Å². The Labute approximate surface area is 124 Å². The van der Waals surface area contributed by atoms with Crippen molar-refractivity contribution in [3.63, 3.8) is 0 Å². The smallest absolute Gasteiger partial charge is 0.337 e. The lowest BCUT2D eigenvalue weighted by Crippen LogP contribution is -2.32. The van der Waals surface area contributed by atoms with Gasteiger partial charge in [0, 0.05) is 6.54 Å². The minimum absolute atomic E-state index is 0.0119. The number of aliphatic hydroxyl groups excluding tert-OH is 1. The Balaban J connectivity index is 2.10. The fourth-order valence-corrected chi connectivity index (χ4v) is 3.60. The Morgan fingerprint density at radius 3 is 2.81 bits per heavy atom. The molecule has 0 saturated heterocycles. The molecule has 1 saturated carbocycles. The highest BCUT2D eigenvalue weighted by Crippen LogP contribution is 2.25.